The summed E-state index contributed by atoms with van der Waals surface area (Å²) in [7, 11) is 0.991. The number of amides is 2. The fourth-order valence-corrected chi connectivity index (χ4v) is 3.15. The molecule has 0 bridgehead atoms. The van der Waals surface area contributed by atoms with Gasteiger partial charge in [-0.25, -0.2) is 14.2 Å². The molecule has 9 nitrogen and oxygen atoms in total. The van der Waals surface area contributed by atoms with Gasteiger partial charge in [0.25, 0.3) is 5.91 Å². The van der Waals surface area contributed by atoms with Crippen molar-refractivity contribution in [2.45, 2.75) is 38.7 Å². The number of ether oxygens (including phenoxy) is 1. The zero-order valence-corrected chi connectivity index (χ0v) is 20.0. The van der Waals surface area contributed by atoms with Gasteiger partial charge in [-0.3, -0.25) is 19.8 Å². The highest BCUT2D eigenvalue weighted by molar-refractivity contribution is 6.05. The minimum atomic E-state index is -5.21. The van der Waals surface area contributed by atoms with E-state index in [1.54, 1.807) is 0 Å². The summed E-state index contributed by atoms with van der Waals surface area (Å²) in [5, 5.41) is 7.64. The molecule has 2 amide bonds. The second-order valence-electron chi connectivity index (χ2n) is 8.73. The van der Waals surface area contributed by atoms with Gasteiger partial charge >= 0.3 is 18.4 Å². The van der Waals surface area contributed by atoms with Crippen molar-refractivity contribution in [3.8, 4) is 11.4 Å². The highest BCUT2D eigenvalue weighted by Gasteiger charge is 2.43. The molecule has 16 heteroatoms. The second-order valence-corrected chi connectivity index (χ2v) is 8.73. The number of rotatable bonds is 4. The van der Waals surface area contributed by atoms with Crippen molar-refractivity contribution in [3.05, 3.63) is 53.2 Å². The summed E-state index contributed by atoms with van der Waals surface area (Å²) in [6.45, 7) is 4.58. The minimum absolute atomic E-state index is 0.443. The number of hydrogen-bond donors (Lipinski definition) is 2. The Kier molecular flexibility index (Phi) is 7.39. The zero-order chi connectivity index (χ0) is 28.6. The van der Waals surface area contributed by atoms with Crippen LogP contribution in [0.4, 0.5) is 47.0 Å². The van der Waals surface area contributed by atoms with Crippen LogP contribution in [0.1, 0.15) is 42.5 Å². The molecular formula is C22H19F7N6O3. The molecule has 0 aliphatic carbocycles. The summed E-state index contributed by atoms with van der Waals surface area (Å²) in [4.78, 5) is 31.6. The second kappa shape index (κ2) is 9.90. The van der Waals surface area contributed by atoms with Gasteiger partial charge in [-0.05, 0) is 45.0 Å². The van der Waals surface area contributed by atoms with E-state index in [2.05, 4.69) is 15.1 Å². The molecule has 0 unspecified atom stereocenters. The van der Waals surface area contributed by atoms with Crippen molar-refractivity contribution in [1.29, 1.82) is 0 Å². The number of nitrogens with one attached hydrogen (secondary N) is 2. The number of nitrogens with zero attached hydrogens (tertiary/aromatic N) is 4. The Labute approximate surface area is 210 Å². The van der Waals surface area contributed by atoms with Crippen molar-refractivity contribution in [1.82, 2.24) is 19.7 Å². The molecule has 0 radical (unpaired) electrons. The third-order valence-electron chi connectivity index (χ3n) is 4.56. The fourth-order valence-electron chi connectivity index (χ4n) is 3.15. The van der Waals surface area contributed by atoms with Gasteiger partial charge < -0.3 is 10.1 Å². The van der Waals surface area contributed by atoms with Crippen molar-refractivity contribution in [2.24, 2.45) is 7.05 Å². The molecule has 38 heavy (non-hydrogen) atoms. The van der Waals surface area contributed by atoms with Crippen LogP contribution in [0.25, 0.3) is 11.4 Å². The molecule has 0 aromatic carbocycles. The summed E-state index contributed by atoms with van der Waals surface area (Å²) in [6.07, 6.45) is -10.5. The molecule has 3 aromatic rings. The molecule has 0 spiro atoms. The molecule has 3 heterocycles. The van der Waals surface area contributed by atoms with E-state index in [0.29, 0.717) is 10.7 Å². The molecule has 3 rings (SSSR count). The first kappa shape index (κ1) is 28.3. The first-order valence-corrected chi connectivity index (χ1v) is 10.5. The number of aryl methyl sites for hydroxylation is 1. The third-order valence-corrected chi connectivity index (χ3v) is 4.56. The maximum Gasteiger partial charge on any atom is 0.433 e. The van der Waals surface area contributed by atoms with E-state index in [-0.39, 0.29) is 0 Å². The molecule has 0 atom stereocenters. The van der Waals surface area contributed by atoms with Gasteiger partial charge in [0.15, 0.2) is 11.6 Å². The van der Waals surface area contributed by atoms with E-state index in [1.807, 2.05) is 10.6 Å². The summed E-state index contributed by atoms with van der Waals surface area (Å²) in [5.74, 6) is -3.30. The van der Waals surface area contributed by atoms with Crippen LogP contribution in [0, 0.1) is 5.82 Å². The van der Waals surface area contributed by atoms with Crippen LogP contribution >= 0.6 is 0 Å². The first-order chi connectivity index (χ1) is 17.4. The Morgan fingerprint density at radius 2 is 1.63 bits per heavy atom. The van der Waals surface area contributed by atoms with Crippen molar-refractivity contribution >= 4 is 23.5 Å². The van der Waals surface area contributed by atoms with E-state index in [0.717, 1.165) is 31.4 Å². The number of anilines is 2. The highest BCUT2D eigenvalue weighted by atomic mass is 19.4. The lowest BCUT2D eigenvalue weighted by Gasteiger charge is -2.19. The lowest BCUT2D eigenvalue weighted by Crippen LogP contribution is -2.27. The smallest absolute Gasteiger partial charge is 0.433 e. The van der Waals surface area contributed by atoms with Gasteiger partial charge in [-0.1, -0.05) is 0 Å². The Morgan fingerprint density at radius 1 is 0.974 bits per heavy atom. The van der Waals surface area contributed by atoms with Crippen LogP contribution in [-0.4, -0.2) is 37.3 Å². The quantitative estimate of drug-likeness (QED) is 0.408. The maximum atomic E-state index is 14.3. The molecule has 0 fully saturated rings. The summed E-state index contributed by atoms with van der Waals surface area (Å²) in [6, 6.07) is 2.96. The zero-order valence-electron chi connectivity index (χ0n) is 20.0. The van der Waals surface area contributed by atoms with Gasteiger partial charge in [0.1, 0.15) is 28.2 Å². The molecule has 3 aromatic heterocycles. The first-order valence-electron chi connectivity index (χ1n) is 10.5. The van der Waals surface area contributed by atoms with E-state index < -0.39 is 75.6 Å². The highest BCUT2D eigenvalue weighted by Crippen LogP contribution is 2.39. The van der Waals surface area contributed by atoms with Gasteiger partial charge in [0.2, 0.25) is 0 Å². The van der Waals surface area contributed by atoms with Gasteiger partial charge in [0, 0.05) is 18.9 Å². The number of alkyl halides is 6. The minimum Gasteiger partial charge on any atom is -0.444 e. The number of carbonyl (C=O) groups excluding carboxylic acids is 2. The number of halogens is 7. The van der Waals surface area contributed by atoms with Crippen LogP contribution in [0.15, 0.2) is 30.5 Å². The van der Waals surface area contributed by atoms with Crippen LogP contribution < -0.4 is 10.6 Å². The molecule has 0 aliphatic rings. The van der Waals surface area contributed by atoms with Crippen molar-refractivity contribution in [3.63, 3.8) is 0 Å². The monoisotopic (exact) mass is 548 g/mol. The molecule has 2 N–H and O–H groups in total. The van der Waals surface area contributed by atoms with E-state index in [4.69, 9.17) is 4.74 Å². The molecular weight excluding hydrogens is 529 g/mol. The predicted molar refractivity (Wildman–Crippen MR) is 118 cm³/mol. The average Bonchev–Trinajstić information content (AvgIpc) is 3.11. The topological polar surface area (TPSA) is 111 Å². The number of hydrogen-bond acceptors (Lipinski definition) is 6. The average molecular weight is 548 g/mol. The van der Waals surface area contributed by atoms with E-state index in [1.165, 1.54) is 20.8 Å². The Bertz CT molecular complexity index is 1380. The maximum absolute atomic E-state index is 14.3. The van der Waals surface area contributed by atoms with Crippen LogP contribution in [0.5, 0.6) is 0 Å². The molecule has 204 valence electrons. The van der Waals surface area contributed by atoms with Gasteiger partial charge in [-0.15, -0.1) is 0 Å². The SMILES string of the molecule is Cn1nc(-c2ccc(F)c(NC(=O)OC(C)(C)C)n2)c(C(F)(F)F)c1C(=O)Nc1ccnc(C(F)(F)F)c1. The molecule has 0 saturated heterocycles. The lowest BCUT2D eigenvalue weighted by atomic mass is 10.1. The van der Waals surface area contributed by atoms with Crippen molar-refractivity contribution in [2.75, 3.05) is 10.6 Å². The normalized spacial score (nSPS) is 12.3. The Morgan fingerprint density at radius 3 is 2.21 bits per heavy atom. The van der Waals surface area contributed by atoms with Gasteiger partial charge in [-0.2, -0.15) is 31.4 Å². The van der Waals surface area contributed by atoms with Crippen LogP contribution in [0.2, 0.25) is 0 Å². The number of carbonyl (C=O) groups is 2. The van der Waals surface area contributed by atoms with Crippen molar-refractivity contribution < 1.29 is 45.1 Å². The Balaban J connectivity index is 2.04. The Hall–Kier alpha value is -4.24. The van der Waals surface area contributed by atoms with Crippen LogP contribution in [-0.2, 0) is 24.1 Å². The third kappa shape index (κ3) is 6.54. The number of pyridine rings is 2. The van der Waals surface area contributed by atoms with Gasteiger partial charge in [0.05, 0.1) is 5.69 Å². The molecule has 0 aliphatic heterocycles. The largest absolute Gasteiger partial charge is 0.444 e. The standard InChI is InChI=1S/C22H19F7N6O3/c1-20(2,3)38-19(37)33-17-11(23)5-6-12(32-17)15-14(22(27,28)29)16(35(4)34-15)18(36)31-10-7-8-30-13(9-10)21(24,25)26/h5-9H,1-4H3,(H,30,31,36)(H,32,33,37). The summed E-state index contributed by atoms with van der Waals surface area (Å²) < 4.78 is 101. The fraction of sp³-hybridized carbons (Fsp3) is 0.318. The molecule has 0 saturated carbocycles. The van der Waals surface area contributed by atoms with E-state index in [9.17, 15) is 40.3 Å². The van der Waals surface area contributed by atoms with Crippen LogP contribution in [0.3, 0.4) is 0 Å². The number of aromatic nitrogens is 4. The summed E-state index contributed by atoms with van der Waals surface area (Å²) >= 11 is 0. The lowest BCUT2D eigenvalue weighted by molar-refractivity contribution is -0.141. The predicted octanol–water partition coefficient (Wildman–Crippen LogP) is 5.65. The van der Waals surface area contributed by atoms with E-state index >= 15 is 0 Å². The summed E-state index contributed by atoms with van der Waals surface area (Å²) in [5.41, 5.74) is -6.95.